The van der Waals surface area contributed by atoms with Gasteiger partial charge in [0.25, 0.3) is 0 Å². The predicted octanol–water partition coefficient (Wildman–Crippen LogP) is 1.13. The first-order valence-corrected chi connectivity index (χ1v) is 7.06. The van der Waals surface area contributed by atoms with Crippen LogP contribution in [0, 0.1) is 0 Å². The summed E-state index contributed by atoms with van der Waals surface area (Å²) in [7, 11) is -2.99. The van der Waals surface area contributed by atoms with E-state index in [0.29, 0.717) is 17.1 Å². The third-order valence-corrected chi connectivity index (χ3v) is 3.31. The molecule has 2 rings (SSSR count). The average molecular weight is 260 g/mol. The largest absolute Gasteiger partial charge is 0.244 e. The molecule has 5 nitrogen and oxygen atoms in total. The van der Waals surface area contributed by atoms with E-state index in [0.717, 1.165) is 5.52 Å². The van der Waals surface area contributed by atoms with Crippen LogP contribution in [0.3, 0.4) is 0 Å². The number of fused-ring (bicyclic) bond motifs is 1. The smallest absolute Gasteiger partial charge is 0.149 e. The molecule has 1 aromatic heterocycles. The Labute approximate surface area is 97.9 Å². The van der Waals surface area contributed by atoms with Crippen molar-refractivity contribution in [2.75, 3.05) is 12.0 Å². The topological polar surface area (TPSA) is 64.8 Å². The molecule has 86 valence electrons. The van der Waals surface area contributed by atoms with Crippen molar-refractivity contribution in [1.29, 1.82) is 0 Å². The van der Waals surface area contributed by atoms with Gasteiger partial charge < -0.3 is 0 Å². The molecule has 0 saturated heterocycles. The van der Waals surface area contributed by atoms with Crippen molar-refractivity contribution in [3.05, 3.63) is 23.2 Å². The van der Waals surface area contributed by atoms with Crippen LogP contribution in [0.15, 0.2) is 18.2 Å². The SMILES string of the molecule is CS(=O)(=O)CCn1nnc2cc(Cl)ccc21. The van der Waals surface area contributed by atoms with E-state index in [9.17, 15) is 8.42 Å². The summed E-state index contributed by atoms with van der Waals surface area (Å²) < 4.78 is 23.6. The number of sulfone groups is 1. The Hall–Kier alpha value is -1.14. The van der Waals surface area contributed by atoms with E-state index in [1.807, 2.05) is 0 Å². The van der Waals surface area contributed by atoms with Crippen molar-refractivity contribution in [3.8, 4) is 0 Å². The number of rotatable bonds is 3. The van der Waals surface area contributed by atoms with E-state index in [4.69, 9.17) is 11.6 Å². The van der Waals surface area contributed by atoms with E-state index in [1.165, 1.54) is 6.26 Å². The van der Waals surface area contributed by atoms with Crippen LogP contribution in [0.1, 0.15) is 0 Å². The Morgan fingerprint density at radius 3 is 2.88 bits per heavy atom. The fraction of sp³-hybridized carbons (Fsp3) is 0.333. The number of aryl methyl sites for hydroxylation is 1. The van der Waals surface area contributed by atoms with Gasteiger partial charge in [-0.15, -0.1) is 5.10 Å². The lowest BCUT2D eigenvalue weighted by Crippen LogP contribution is -2.12. The highest BCUT2D eigenvalue weighted by molar-refractivity contribution is 7.90. The minimum atomic E-state index is -2.99. The molecular weight excluding hydrogens is 250 g/mol. The lowest BCUT2D eigenvalue weighted by molar-refractivity contribution is 0.585. The molecule has 16 heavy (non-hydrogen) atoms. The first-order chi connectivity index (χ1) is 7.46. The Kier molecular flexibility index (Phi) is 2.86. The van der Waals surface area contributed by atoms with Gasteiger partial charge in [0, 0.05) is 11.3 Å². The van der Waals surface area contributed by atoms with Crippen molar-refractivity contribution in [2.45, 2.75) is 6.54 Å². The molecule has 1 heterocycles. The van der Waals surface area contributed by atoms with Gasteiger partial charge >= 0.3 is 0 Å². The molecule has 0 amide bonds. The van der Waals surface area contributed by atoms with Crippen LogP contribution in [-0.2, 0) is 16.4 Å². The second-order valence-electron chi connectivity index (χ2n) is 3.58. The summed E-state index contributed by atoms with van der Waals surface area (Å²) in [5.41, 5.74) is 1.45. The van der Waals surface area contributed by atoms with Crippen LogP contribution < -0.4 is 0 Å². The highest BCUT2D eigenvalue weighted by Crippen LogP contribution is 2.16. The molecule has 2 aromatic rings. The van der Waals surface area contributed by atoms with Gasteiger partial charge in [0.2, 0.25) is 0 Å². The Balaban J connectivity index is 2.32. The van der Waals surface area contributed by atoms with Crippen LogP contribution in [0.2, 0.25) is 5.02 Å². The number of aromatic nitrogens is 3. The third-order valence-electron chi connectivity index (χ3n) is 2.15. The number of hydrogen-bond acceptors (Lipinski definition) is 4. The van der Waals surface area contributed by atoms with Gasteiger partial charge in [-0.25, -0.2) is 13.1 Å². The van der Waals surface area contributed by atoms with Crippen LogP contribution >= 0.6 is 11.6 Å². The molecule has 0 saturated carbocycles. The number of nitrogens with zero attached hydrogens (tertiary/aromatic N) is 3. The predicted molar refractivity (Wildman–Crippen MR) is 62.2 cm³/mol. The van der Waals surface area contributed by atoms with Gasteiger partial charge in [0.15, 0.2) is 0 Å². The van der Waals surface area contributed by atoms with Crippen LogP contribution in [0.4, 0.5) is 0 Å². The molecule has 0 aliphatic rings. The van der Waals surface area contributed by atoms with Crippen molar-refractivity contribution in [2.24, 2.45) is 0 Å². The summed E-state index contributed by atoms with van der Waals surface area (Å²) in [5.74, 6) is 0.0497. The van der Waals surface area contributed by atoms with Gasteiger partial charge in [-0.2, -0.15) is 0 Å². The molecule has 1 aromatic carbocycles. The van der Waals surface area contributed by atoms with E-state index in [1.54, 1.807) is 22.9 Å². The molecule has 0 bridgehead atoms. The summed E-state index contributed by atoms with van der Waals surface area (Å²) in [6.45, 7) is 0.303. The maximum atomic E-state index is 11.0. The van der Waals surface area contributed by atoms with E-state index in [-0.39, 0.29) is 5.75 Å². The Morgan fingerprint density at radius 1 is 1.44 bits per heavy atom. The molecule has 7 heteroatoms. The quantitative estimate of drug-likeness (QED) is 0.829. The van der Waals surface area contributed by atoms with Crippen molar-refractivity contribution in [3.63, 3.8) is 0 Å². The van der Waals surface area contributed by atoms with Crippen LogP contribution in [0.25, 0.3) is 11.0 Å². The van der Waals surface area contributed by atoms with Crippen LogP contribution in [-0.4, -0.2) is 35.4 Å². The molecule has 0 fully saturated rings. The summed E-state index contributed by atoms with van der Waals surface area (Å²) in [6.07, 6.45) is 1.20. The molecule has 0 aliphatic carbocycles. The Bertz CT molecular complexity index is 621. The first-order valence-electron chi connectivity index (χ1n) is 4.62. The normalized spacial score (nSPS) is 12.1. The highest BCUT2D eigenvalue weighted by Gasteiger charge is 2.07. The highest BCUT2D eigenvalue weighted by atomic mass is 35.5. The molecular formula is C9H10ClN3O2S. The molecule has 0 radical (unpaired) electrons. The number of halogens is 1. The van der Waals surface area contributed by atoms with Gasteiger partial charge in [-0.3, -0.25) is 0 Å². The zero-order chi connectivity index (χ0) is 11.8. The van der Waals surface area contributed by atoms with E-state index < -0.39 is 9.84 Å². The zero-order valence-corrected chi connectivity index (χ0v) is 10.2. The second-order valence-corrected chi connectivity index (χ2v) is 6.27. The maximum Gasteiger partial charge on any atom is 0.149 e. The second kappa shape index (κ2) is 4.03. The van der Waals surface area contributed by atoms with Crippen molar-refractivity contribution in [1.82, 2.24) is 15.0 Å². The molecule has 0 spiro atoms. The van der Waals surface area contributed by atoms with Gasteiger partial charge in [-0.05, 0) is 18.2 Å². The van der Waals surface area contributed by atoms with Gasteiger partial charge in [0.1, 0.15) is 15.4 Å². The lowest BCUT2D eigenvalue weighted by atomic mass is 10.3. The standard InChI is InChI=1S/C9H10ClN3O2S/c1-16(14,15)5-4-13-9-3-2-7(10)6-8(9)11-12-13/h2-3,6H,4-5H2,1H3. The van der Waals surface area contributed by atoms with Gasteiger partial charge in [-0.1, -0.05) is 16.8 Å². The summed E-state index contributed by atoms with van der Waals surface area (Å²) in [5, 5.41) is 8.38. The molecule has 0 aliphatic heterocycles. The molecule has 0 atom stereocenters. The summed E-state index contributed by atoms with van der Waals surface area (Å²) >= 11 is 5.80. The van der Waals surface area contributed by atoms with E-state index in [2.05, 4.69) is 10.3 Å². The minimum Gasteiger partial charge on any atom is -0.244 e. The third kappa shape index (κ3) is 2.51. The summed E-state index contributed by atoms with van der Waals surface area (Å²) in [6, 6.07) is 5.20. The fourth-order valence-corrected chi connectivity index (χ4v) is 2.03. The average Bonchev–Trinajstić information content (AvgIpc) is 2.56. The number of hydrogen-bond donors (Lipinski definition) is 0. The van der Waals surface area contributed by atoms with Crippen molar-refractivity contribution < 1.29 is 8.42 Å². The van der Waals surface area contributed by atoms with Gasteiger partial charge in [0.05, 0.1) is 17.8 Å². The van der Waals surface area contributed by atoms with E-state index >= 15 is 0 Å². The minimum absolute atomic E-state index is 0.0497. The number of benzene rings is 1. The Morgan fingerprint density at radius 2 is 2.19 bits per heavy atom. The monoisotopic (exact) mass is 259 g/mol. The van der Waals surface area contributed by atoms with Crippen molar-refractivity contribution >= 4 is 32.5 Å². The lowest BCUT2D eigenvalue weighted by Gasteiger charge is -2.00. The van der Waals surface area contributed by atoms with Crippen LogP contribution in [0.5, 0.6) is 0 Å². The summed E-state index contributed by atoms with van der Waals surface area (Å²) in [4.78, 5) is 0. The molecule has 0 unspecified atom stereocenters. The fourth-order valence-electron chi connectivity index (χ4n) is 1.36. The zero-order valence-electron chi connectivity index (χ0n) is 8.59. The first kappa shape index (κ1) is 11.3. The maximum absolute atomic E-state index is 11.0. The molecule has 0 N–H and O–H groups in total.